The second kappa shape index (κ2) is 5.27. The number of fused-ring (bicyclic) bond motifs is 1. The monoisotopic (exact) mass is 312 g/mol. The SMILES string of the molecule is CC(C)(C)c1cc(/C=C/c2cccs2)cc2c1OCC2(C)C. The van der Waals surface area contributed by atoms with Crippen LogP contribution >= 0.6 is 11.3 Å². The Hall–Kier alpha value is -1.54. The Morgan fingerprint density at radius 2 is 1.95 bits per heavy atom. The molecule has 116 valence electrons. The van der Waals surface area contributed by atoms with Crippen molar-refractivity contribution in [2.24, 2.45) is 0 Å². The standard InChI is InChI=1S/C20H24OS/c1-19(2,3)16-11-14(8-9-15-7-6-10-22-15)12-17-18(16)21-13-20(17,4)5/h6-12H,13H2,1-5H3/b9-8+. The maximum atomic E-state index is 6.05. The molecule has 0 saturated heterocycles. The summed E-state index contributed by atoms with van der Waals surface area (Å²) in [6.07, 6.45) is 4.41. The first-order valence-electron chi connectivity index (χ1n) is 7.81. The Kier molecular flexibility index (Phi) is 3.68. The summed E-state index contributed by atoms with van der Waals surface area (Å²) in [6.45, 7) is 12.1. The van der Waals surface area contributed by atoms with Gasteiger partial charge in [0.1, 0.15) is 5.75 Å². The van der Waals surface area contributed by atoms with Crippen molar-refractivity contribution in [3.63, 3.8) is 0 Å². The Balaban J connectivity index is 2.09. The van der Waals surface area contributed by atoms with Crippen molar-refractivity contribution in [2.75, 3.05) is 6.61 Å². The normalized spacial score (nSPS) is 16.8. The molecule has 1 aliphatic rings. The molecule has 0 atom stereocenters. The molecule has 2 aromatic rings. The molecule has 3 rings (SSSR count). The van der Waals surface area contributed by atoms with E-state index in [1.54, 1.807) is 11.3 Å². The number of benzene rings is 1. The molecule has 0 fully saturated rings. The van der Waals surface area contributed by atoms with Gasteiger partial charge in [-0.25, -0.2) is 0 Å². The predicted molar refractivity (Wildman–Crippen MR) is 96.9 cm³/mol. The lowest BCUT2D eigenvalue weighted by Crippen LogP contribution is -2.18. The van der Waals surface area contributed by atoms with Gasteiger partial charge in [-0.1, -0.05) is 46.8 Å². The van der Waals surface area contributed by atoms with Crippen LogP contribution in [-0.4, -0.2) is 6.61 Å². The molecular formula is C20H24OS. The third-order valence-corrected chi connectivity index (χ3v) is 5.05. The Morgan fingerprint density at radius 1 is 1.18 bits per heavy atom. The molecule has 0 radical (unpaired) electrons. The van der Waals surface area contributed by atoms with Crippen molar-refractivity contribution in [3.05, 3.63) is 51.2 Å². The maximum Gasteiger partial charge on any atom is 0.126 e. The van der Waals surface area contributed by atoms with E-state index in [9.17, 15) is 0 Å². The van der Waals surface area contributed by atoms with E-state index in [1.165, 1.54) is 21.6 Å². The fourth-order valence-electron chi connectivity index (χ4n) is 2.86. The smallest absolute Gasteiger partial charge is 0.126 e. The van der Waals surface area contributed by atoms with Crippen LogP contribution in [0.1, 0.15) is 56.2 Å². The second-order valence-corrected chi connectivity index (χ2v) is 8.70. The van der Waals surface area contributed by atoms with Gasteiger partial charge in [0.05, 0.1) is 6.61 Å². The lowest BCUT2D eigenvalue weighted by molar-refractivity contribution is 0.286. The van der Waals surface area contributed by atoms with Gasteiger partial charge in [-0.3, -0.25) is 0 Å². The van der Waals surface area contributed by atoms with E-state index < -0.39 is 0 Å². The molecule has 0 amide bonds. The highest BCUT2D eigenvalue weighted by Crippen LogP contribution is 2.45. The Morgan fingerprint density at radius 3 is 2.59 bits per heavy atom. The van der Waals surface area contributed by atoms with Gasteiger partial charge < -0.3 is 4.74 Å². The van der Waals surface area contributed by atoms with Crippen molar-refractivity contribution >= 4 is 23.5 Å². The van der Waals surface area contributed by atoms with Crippen molar-refractivity contribution in [3.8, 4) is 5.75 Å². The molecule has 0 N–H and O–H groups in total. The summed E-state index contributed by atoms with van der Waals surface area (Å²) in [5.41, 5.74) is 4.07. The molecule has 2 heterocycles. The minimum absolute atomic E-state index is 0.0806. The first-order valence-corrected chi connectivity index (χ1v) is 8.69. The zero-order valence-electron chi connectivity index (χ0n) is 14.1. The second-order valence-electron chi connectivity index (χ2n) is 7.72. The molecule has 1 nitrogen and oxygen atoms in total. The topological polar surface area (TPSA) is 9.23 Å². The van der Waals surface area contributed by atoms with Crippen molar-refractivity contribution < 1.29 is 4.74 Å². The largest absolute Gasteiger partial charge is 0.492 e. The first kappa shape index (κ1) is 15.4. The van der Waals surface area contributed by atoms with E-state index in [0.717, 1.165) is 12.4 Å². The van der Waals surface area contributed by atoms with Crippen LogP contribution in [0.15, 0.2) is 29.6 Å². The fraction of sp³-hybridized carbons (Fsp3) is 0.400. The van der Waals surface area contributed by atoms with E-state index in [-0.39, 0.29) is 10.8 Å². The van der Waals surface area contributed by atoms with Crippen LogP contribution in [0.5, 0.6) is 5.75 Å². The molecule has 1 aromatic heterocycles. The summed E-state index contributed by atoms with van der Waals surface area (Å²) in [6, 6.07) is 8.81. The molecule has 0 bridgehead atoms. The third-order valence-electron chi connectivity index (χ3n) is 4.21. The van der Waals surface area contributed by atoms with E-state index in [1.807, 2.05) is 0 Å². The minimum atomic E-state index is 0.0806. The fourth-order valence-corrected chi connectivity index (χ4v) is 3.48. The summed E-state index contributed by atoms with van der Waals surface area (Å²) >= 11 is 1.77. The number of thiophene rings is 1. The van der Waals surface area contributed by atoms with Gasteiger partial charge in [0, 0.05) is 21.4 Å². The molecule has 2 heteroatoms. The summed E-state index contributed by atoms with van der Waals surface area (Å²) in [4.78, 5) is 1.29. The van der Waals surface area contributed by atoms with Crippen molar-refractivity contribution in [1.29, 1.82) is 0 Å². The van der Waals surface area contributed by atoms with Gasteiger partial charge in [0.2, 0.25) is 0 Å². The third kappa shape index (κ3) is 2.85. The average Bonchev–Trinajstić information content (AvgIpc) is 3.03. The zero-order valence-corrected chi connectivity index (χ0v) is 14.9. The molecule has 0 saturated carbocycles. The molecule has 1 aromatic carbocycles. The van der Waals surface area contributed by atoms with E-state index in [4.69, 9.17) is 4.74 Å². The zero-order chi connectivity index (χ0) is 16.0. The average molecular weight is 312 g/mol. The van der Waals surface area contributed by atoms with Crippen LogP contribution in [0.4, 0.5) is 0 Å². The molecule has 22 heavy (non-hydrogen) atoms. The van der Waals surface area contributed by atoms with Crippen LogP contribution in [0.2, 0.25) is 0 Å². The highest BCUT2D eigenvalue weighted by molar-refractivity contribution is 7.10. The lowest BCUT2D eigenvalue weighted by atomic mass is 9.79. The van der Waals surface area contributed by atoms with Gasteiger partial charge in [0.25, 0.3) is 0 Å². The summed E-state index contributed by atoms with van der Waals surface area (Å²) in [7, 11) is 0. The highest BCUT2D eigenvalue weighted by atomic mass is 32.1. The lowest BCUT2D eigenvalue weighted by Gasteiger charge is -2.23. The molecule has 0 spiro atoms. The van der Waals surface area contributed by atoms with Crippen molar-refractivity contribution in [2.45, 2.75) is 45.4 Å². The summed E-state index contributed by atoms with van der Waals surface area (Å²) in [5, 5.41) is 2.11. The van der Waals surface area contributed by atoms with Crippen molar-refractivity contribution in [1.82, 2.24) is 0 Å². The highest BCUT2D eigenvalue weighted by Gasteiger charge is 2.36. The molecule has 1 aliphatic heterocycles. The summed E-state index contributed by atoms with van der Waals surface area (Å²) in [5.74, 6) is 1.10. The molecule has 0 aliphatic carbocycles. The first-order chi connectivity index (χ1) is 10.3. The van der Waals surface area contributed by atoms with Crippen LogP contribution < -0.4 is 4.74 Å². The minimum Gasteiger partial charge on any atom is -0.492 e. The van der Waals surface area contributed by atoms with Gasteiger partial charge in [-0.2, -0.15) is 0 Å². The van der Waals surface area contributed by atoms with Gasteiger partial charge >= 0.3 is 0 Å². The number of ether oxygens (including phenoxy) is 1. The van der Waals surface area contributed by atoms with Crippen LogP contribution in [-0.2, 0) is 10.8 Å². The number of rotatable bonds is 2. The van der Waals surface area contributed by atoms with E-state index >= 15 is 0 Å². The van der Waals surface area contributed by atoms with Gasteiger partial charge in [0.15, 0.2) is 0 Å². The van der Waals surface area contributed by atoms with Gasteiger partial charge in [-0.15, -0.1) is 11.3 Å². The number of hydrogen-bond acceptors (Lipinski definition) is 2. The number of hydrogen-bond donors (Lipinski definition) is 0. The van der Waals surface area contributed by atoms with E-state index in [0.29, 0.717) is 0 Å². The van der Waals surface area contributed by atoms with Crippen LogP contribution in [0.3, 0.4) is 0 Å². The molecule has 0 unspecified atom stereocenters. The van der Waals surface area contributed by atoms with Gasteiger partial charge in [-0.05, 0) is 40.6 Å². The Labute approximate surface area is 137 Å². The van der Waals surface area contributed by atoms with E-state index in [2.05, 4.69) is 76.4 Å². The maximum absolute atomic E-state index is 6.05. The van der Waals surface area contributed by atoms with Crippen LogP contribution in [0, 0.1) is 0 Å². The Bertz CT molecular complexity index is 700. The predicted octanol–water partition coefficient (Wildman–Crippen LogP) is 5.89. The molecular weight excluding hydrogens is 288 g/mol. The summed E-state index contributed by atoms with van der Waals surface area (Å²) < 4.78 is 6.05. The van der Waals surface area contributed by atoms with Crippen LogP contribution in [0.25, 0.3) is 12.2 Å². The quantitative estimate of drug-likeness (QED) is 0.672.